The van der Waals surface area contributed by atoms with E-state index in [-0.39, 0.29) is 18.4 Å². The molecular weight excluding hydrogens is 423 g/mol. The standard InChI is InChI=1S/C23H22Cl2N2O3/c1-2-20-21(9-14-7-17(24)12-18(25)8-14)27(23(29)26-22(20)28)13-30-19-10-15-5-3-4-6-16(15)11-19/h3-8,12,19H,2,9-11,13H2,1H3,(H,26,28,29). The summed E-state index contributed by atoms with van der Waals surface area (Å²) in [7, 11) is 0. The number of halogens is 2. The fourth-order valence-electron chi connectivity index (χ4n) is 4.08. The Morgan fingerprint density at radius 3 is 2.30 bits per heavy atom. The summed E-state index contributed by atoms with van der Waals surface area (Å²) >= 11 is 12.3. The topological polar surface area (TPSA) is 64.1 Å². The second kappa shape index (κ2) is 8.80. The van der Waals surface area contributed by atoms with Crippen LogP contribution in [0.15, 0.2) is 52.1 Å². The molecule has 30 heavy (non-hydrogen) atoms. The highest BCUT2D eigenvalue weighted by molar-refractivity contribution is 6.34. The third-order valence-electron chi connectivity index (χ3n) is 5.51. The number of fused-ring (bicyclic) bond motifs is 1. The number of ether oxygens (including phenoxy) is 1. The van der Waals surface area contributed by atoms with E-state index in [1.165, 1.54) is 15.7 Å². The molecule has 1 N–H and O–H groups in total. The maximum absolute atomic E-state index is 12.7. The summed E-state index contributed by atoms with van der Waals surface area (Å²) in [6, 6.07) is 13.5. The minimum atomic E-state index is -0.476. The highest BCUT2D eigenvalue weighted by Crippen LogP contribution is 2.25. The third kappa shape index (κ3) is 4.38. The molecule has 0 atom stereocenters. The first-order chi connectivity index (χ1) is 14.4. The lowest BCUT2D eigenvalue weighted by atomic mass is 10.0. The quantitative estimate of drug-likeness (QED) is 0.621. The Labute approximate surface area is 184 Å². The van der Waals surface area contributed by atoms with Crippen molar-refractivity contribution < 1.29 is 4.74 Å². The summed E-state index contributed by atoms with van der Waals surface area (Å²) in [6.07, 6.45) is 2.48. The molecule has 0 radical (unpaired) electrons. The van der Waals surface area contributed by atoms with E-state index in [1.54, 1.807) is 18.2 Å². The van der Waals surface area contributed by atoms with Gasteiger partial charge in [0.2, 0.25) is 0 Å². The Hall–Kier alpha value is -2.34. The molecule has 1 aliphatic carbocycles. The van der Waals surface area contributed by atoms with Crippen LogP contribution in [0.2, 0.25) is 10.0 Å². The molecule has 0 spiro atoms. The summed E-state index contributed by atoms with van der Waals surface area (Å²) in [5.74, 6) is 0. The minimum absolute atomic E-state index is 0.000214. The van der Waals surface area contributed by atoms with E-state index in [4.69, 9.17) is 27.9 Å². The van der Waals surface area contributed by atoms with Crippen LogP contribution in [0.4, 0.5) is 0 Å². The highest BCUT2D eigenvalue weighted by Gasteiger charge is 2.22. The lowest BCUT2D eigenvalue weighted by Gasteiger charge is -2.18. The number of aromatic amines is 1. The molecule has 1 aromatic heterocycles. The molecular formula is C23H22Cl2N2O3. The van der Waals surface area contributed by atoms with Crippen LogP contribution in [0, 0.1) is 0 Å². The van der Waals surface area contributed by atoms with Crippen molar-refractivity contribution in [2.75, 3.05) is 0 Å². The Bertz CT molecular complexity index is 1150. The summed E-state index contributed by atoms with van der Waals surface area (Å²) in [5, 5.41) is 1.02. The van der Waals surface area contributed by atoms with Gasteiger partial charge in [-0.05, 0) is 54.2 Å². The minimum Gasteiger partial charge on any atom is -0.357 e. The number of hydrogen-bond acceptors (Lipinski definition) is 3. The molecule has 0 saturated carbocycles. The van der Waals surface area contributed by atoms with Gasteiger partial charge >= 0.3 is 5.69 Å². The first-order valence-electron chi connectivity index (χ1n) is 9.92. The van der Waals surface area contributed by atoms with E-state index in [9.17, 15) is 9.59 Å². The number of aromatic nitrogens is 2. The number of hydrogen-bond donors (Lipinski definition) is 1. The first-order valence-corrected chi connectivity index (χ1v) is 10.7. The molecule has 0 unspecified atom stereocenters. The summed E-state index contributed by atoms with van der Waals surface area (Å²) < 4.78 is 7.62. The van der Waals surface area contributed by atoms with Crippen LogP contribution in [-0.4, -0.2) is 15.7 Å². The van der Waals surface area contributed by atoms with E-state index in [2.05, 4.69) is 17.1 Å². The summed E-state index contributed by atoms with van der Waals surface area (Å²) in [4.78, 5) is 27.5. The van der Waals surface area contributed by atoms with Crippen molar-refractivity contribution in [1.82, 2.24) is 9.55 Å². The van der Waals surface area contributed by atoms with Crippen LogP contribution < -0.4 is 11.2 Å². The molecule has 7 heteroatoms. The van der Waals surface area contributed by atoms with Crippen LogP contribution in [0.25, 0.3) is 0 Å². The van der Waals surface area contributed by atoms with E-state index in [1.807, 2.05) is 19.1 Å². The van der Waals surface area contributed by atoms with Gasteiger partial charge in [0, 0.05) is 27.7 Å². The normalized spacial score (nSPS) is 13.6. The van der Waals surface area contributed by atoms with Gasteiger partial charge in [-0.25, -0.2) is 4.79 Å². The molecule has 4 rings (SSSR count). The van der Waals surface area contributed by atoms with Crippen molar-refractivity contribution in [3.63, 3.8) is 0 Å². The maximum atomic E-state index is 12.7. The van der Waals surface area contributed by atoms with Gasteiger partial charge in [0.15, 0.2) is 0 Å². The zero-order chi connectivity index (χ0) is 21.3. The molecule has 1 heterocycles. The zero-order valence-corrected chi connectivity index (χ0v) is 18.1. The van der Waals surface area contributed by atoms with Crippen molar-refractivity contribution in [2.24, 2.45) is 0 Å². The molecule has 0 fully saturated rings. The van der Waals surface area contributed by atoms with Gasteiger partial charge in [0.25, 0.3) is 5.56 Å². The van der Waals surface area contributed by atoms with Crippen LogP contribution in [0.1, 0.15) is 34.9 Å². The largest absolute Gasteiger partial charge is 0.357 e. The smallest absolute Gasteiger partial charge is 0.330 e. The van der Waals surface area contributed by atoms with Gasteiger partial charge in [0.05, 0.1) is 6.10 Å². The van der Waals surface area contributed by atoms with Crippen molar-refractivity contribution >= 4 is 23.2 Å². The van der Waals surface area contributed by atoms with Gasteiger partial charge in [-0.2, -0.15) is 0 Å². The lowest BCUT2D eigenvalue weighted by Crippen LogP contribution is -2.37. The highest BCUT2D eigenvalue weighted by atomic mass is 35.5. The number of nitrogens with zero attached hydrogens (tertiary/aromatic N) is 1. The first kappa shape index (κ1) is 20.9. The van der Waals surface area contributed by atoms with Crippen molar-refractivity contribution in [3.8, 4) is 0 Å². The SMILES string of the molecule is CCc1c(Cc2cc(Cl)cc(Cl)c2)n(COC2Cc3ccccc3C2)c(=O)[nH]c1=O. The van der Waals surface area contributed by atoms with Gasteiger partial charge in [-0.15, -0.1) is 0 Å². The fraction of sp³-hybridized carbons (Fsp3) is 0.304. The number of rotatable bonds is 6. The third-order valence-corrected chi connectivity index (χ3v) is 5.95. The Kier molecular flexibility index (Phi) is 6.14. The van der Waals surface area contributed by atoms with E-state index >= 15 is 0 Å². The van der Waals surface area contributed by atoms with Gasteiger partial charge in [-0.3, -0.25) is 14.3 Å². The Morgan fingerprint density at radius 1 is 1.07 bits per heavy atom. The molecule has 156 valence electrons. The summed E-state index contributed by atoms with van der Waals surface area (Å²) in [6.45, 7) is 1.97. The van der Waals surface area contributed by atoms with Crippen LogP contribution in [0.5, 0.6) is 0 Å². The predicted molar refractivity (Wildman–Crippen MR) is 119 cm³/mol. The monoisotopic (exact) mass is 444 g/mol. The van der Waals surface area contributed by atoms with E-state index in [0.717, 1.165) is 18.4 Å². The van der Waals surface area contributed by atoms with Crippen molar-refractivity contribution in [2.45, 2.75) is 45.4 Å². The predicted octanol–water partition coefficient (Wildman–Crippen LogP) is 4.14. The molecule has 2 aromatic carbocycles. The molecule has 3 aromatic rings. The molecule has 5 nitrogen and oxygen atoms in total. The second-order valence-corrected chi connectivity index (χ2v) is 8.39. The van der Waals surface area contributed by atoms with E-state index in [0.29, 0.717) is 34.1 Å². The van der Waals surface area contributed by atoms with E-state index < -0.39 is 5.69 Å². The Morgan fingerprint density at radius 2 is 1.70 bits per heavy atom. The average Bonchev–Trinajstić information content (AvgIpc) is 3.10. The van der Waals surface area contributed by atoms with Crippen LogP contribution in [-0.2, 0) is 37.2 Å². The molecule has 0 amide bonds. The van der Waals surface area contributed by atoms with Crippen LogP contribution in [0.3, 0.4) is 0 Å². The summed E-state index contributed by atoms with van der Waals surface area (Å²) in [5.41, 5.74) is 3.73. The molecule has 0 saturated heterocycles. The maximum Gasteiger partial charge on any atom is 0.330 e. The molecule has 0 aliphatic heterocycles. The van der Waals surface area contributed by atoms with Gasteiger partial charge < -0.3 is 4.74 Å². The average molecular weight is 445 g/mol. The number of benzene rings is 2. The molecule has 0 bridgehead atoms. The van der Waals surface area contributed by atoms with Gasteiger partial charge in [0.1, 0.15) is 6.73 Å². The Balaban J connectivity index is 1.64. The van der Waals surface area contributed by atoms with Crippen molar-refractivity contribution in [3.05, 3.63) is 101 Å². The van der Waals surface area contributed by atoms with Gasteiger partial charge in [-0.1, -0.05) is 54.4 Å². The second-order valence-electron chi connectivity index (χ2n) is 7.52. The molecule has 1 aliphatic rings. The van der Waals surface area contributed by atoms with Crippen LogP contribution >= 0.6 is 23.2 Å². The fourth-order valence-corrected chi connectivity index (χ4v) is 4.65. The zero-order valence-electron chi connectivity index (χ0n) is 16.6. The number of nitrogens with one attached hydrogen (secondary N) is 1. The lowest BCUT2D eigenvalue weighted by molar-refractivity contribution is 0.00961. The van der Waals surface area contributed by atoms with Crippen molar-refractivity contribution in [1.29, 1.82) is 0 Å². The number of H-pyrrole nitrogens is 1.